The molecule has 0 fully saturated rings. The molecule has 6 nitrogen and oxygen atoms in total. The van der Waals surface area contributed by atoms with Gasteiger partial charge in [0.15, 0.2) is 5.65 Å². The molecule has 33 heavy (non-hydrogen) atoms. The predicted octanol–water partition coefficient (Wildman–Crippen LogP) is 5.59. The van der Waals surface area contributed by atoms with E-state index < -0.39 is 0 Å². The first-order chi connectivity index (χ1) is 15.6. The maximum atomic E-state index is 13.4. The number of nitrogens with zero attached hydrogens (tertiary/aromatic N) is 4. The van der Waals surface area contributed by atoms with Crippen molar-refractivity contribution in [3.63, 3.8) is 0 Å². The highest BCUT2D eigenvalue weighted by Gasteiger charge is 2.23. The number of rotatable bonds is 9. The van der Waals surface area contributed by atoms with Crippen molar-refractivity contribution in [2.45, 2.75) is 65.8 Å². The third-order valence-corrected chi connectivity index (χ3v) is 6.29. The van der Waals surface area contributed by atoms with Gasteiger partial charge >= 0.3 is 0 Å². The van der Waals surface area contributed by atoms with Gasteiger partial charge in [0.25, 0.3) is 5.91 Å². The fourth-order valence-corrected chi connectivity index (χ4v) is 4.07. The van der Waals surface area contributed by atoms with Crippen LogP contribution in [0, 0.1) is 0 Å². The van der Waals surface area contributed by atoms with Crippen LogP contribution in [0.25, 0.3) is 16.9 Å². The number of fused-ring (bicyclic) bond motifs is 1. The van der Waals surface area contributed by atoms with Crippen molar-refractivity contribution in [1.29, 1.82) is 0 Å². The van der Waals surface area contributed by atoms with E-state index >= 15 is 0 Å². The number of hydrogen-bond acceptors (Lipinski definition) is 4. The molecule has 2 heterocycles. The van der Waals surface area contributed by atoms with E-state index in [1.807, 2.05) is 30.3 Å². The van der Waals surface area contributed by atoms with Gasteiger partial charge in [0.2, 0.25) is 0 Å². The highest BCUT2D eigenvalue weighted by atomic mass is 35.5. The van der Waals surface area contributed by atoms with Crippen molar-refractivity contribution in [3.8, 4) is 11.3 Å². The minimum atomic E-state index is -0.163. The van der Waals surface area contributed by atoms with E-state index in [-0.39, 0.29) is 17.4 Å². The molecule has 3 aromatic rings. The van der Waals surface area contributed by atoms with Gasteiger partial charge < -0.3 is 10.2 Å². The zero-order valence-corrected chi connectivity index (χ0v) is 21.4. The number of hydrogen-bond donors (Lipinski definition) is 1. The van der Waals surface area contributed by atoms with Crippen molar-refractivity contribution in [1.82, 2.24) is 24.8 Å². The van der Waals surface area contributed by atoms with Crippen LogP contribution in [0.15, 0.2) is 36.4 Å². The summed E-state index contributed by atoms with van der Waals surface area (Å²) in [5.74, 6) is -0.158. The van der Waals surface area contributed by atoms with E-state index in [1.165, 1.54) is 0 Å². The summed E-state index contributed by atoms with van der Waals surface area (Å²) in [4.78, 5) is 20.5. The summed E-state index contributed by atoms with van der Waals surface area (Å²) in [5.41, 5.74) is 3.27. The zero-order chi connectivity index (χ0) is 24.2. The lowest BCUT2D eigenvalue weighted by molar-refractivity contribution is 0.0929. The molecule has 0 bridgehead atoms. The van der Waals surface area contributed by atoms with Gasteiger partial charge in [-0.1, -0.05) is 64.4 Å². The Bertz CT molecular complexity index is 1100. The second-order valence-electron chi connectivity index (χ2n) is 9.60. The Hall–Kier alpha value is -2.44. The number of carbonyl (C=O) groups excluding carboxylic acids is 1. The maximum Gasteiger partial charge on any atom is 0.270 e. The van der Waals surface area contributed by atoms with Gasteiger partial charge in [0.1, 0.15) is 5.69 Å². The van der Waals surface area contributed by atoms with Crippen LogP contribution in [0.3, 0.4) is 0 Å². The Kier molecular flexibility index (Phi) is 8.14. The van der Waals surface area contributed by atoms with Crippen molar-refractivity contribution in [2.24, 2.45) is 0 Å². The van der Waals surface area contributed by atoms with Crippen molar-refractivity contribution < 1.29 is 4.79 Å². The fraction of sp³-hybridized carbons (Fsp3) is 0.500. The lowest BCUT2D eigenvalue weighted by Gasteiger charge is -2.20. The smallest absolute Gasteiger partial charge is 0.270 e. The molecule has 0 unspecified atom stereocenters. The number of carbonyl (C=O) groups is 1. The minimum Gasteiger partial charge on any atom is -0.348 e. The summed E-state index contributed by atoms with van der Waals surface area (Å²) < 4.78 is 1.65. The van der Waals surface area contributed by atoms with Crippen LogP contribution in [-0.2, 0) is 5.41 Å². The molecule has 7 heteroatoms. The molecule has 0 radical (unpaired) electrons. The number of amides is 1. The highest BCUT2D eigenvalue weighted by molar-refractivity contribution is 6.33. The third kappa shape index (κ3) is 6.12. The summed E-state index contributed by atoms with van der Waals surface area (Å²) >= 11 is 6.44. The first-order valence-corrected chi connectivity index (χ1v) is 12.2. The van der Waals surface area contributed by atoms with Crippen LogP contribution in [0.2, 0.25) is 5.02 Å². The standard InChI is InChI=1S/C26H36ClN5O/c1-7-31(8-2)15-11-12-18(3)28-25(33)22-16-21(19-13-9-10-14-20(19)27)29-24-17-23(26(4,5)6)30-32(22)24/h9-10,13-14,16-18H,7-8,11-12,15H2,1-6H3,(H,28,33)/t18-/m1/s1. The summed E-state index contributed by atoms with van der Waals surface area (Å²) in [6.45, 7) is 15.8. The zero-order valence-electron chi connectivity index (χ0n) is 20.7. The van der Waals surface area contributed by atoms with Gasteiger partial charge in [-0.2, -0.15) is 5.10 Å². The molecular formula is C26H36ClN5O. The molecule has 1 aromatic carbocycles. The van der Waals surface area contributed by atoms with Crippen LogP contribution < -0.4 is 5.32 Å². The van der Waals surface area contributed by atoms with Crippen LogP contribution >= 0.6 is 11.6 Å². The van der Waals surface area contributed by atoms with Crippen molar-refractivity contribution in [3.05, 3.63) is 52.8 Å². The van der Waals surface area contributed by atoms with Crippen LogP contribution in [0.5, 0.6) is 0 Å². The molecule has 0 aliphatic carbocycles. The predicted molar refractivity (Wildman–Crippen MR) is 136 cm³/mol. The van der Waals surface area contributed by atoms with Gasteiger partial charge in [-0.15, -0.1) is 0 Å². The van der Waals surface area contributed by atoms with Gasteiger partial charge in [-0.25, -0.2) is 9.50 Å². The molecule has 3 rings (SSSR count). The average Bonchev–Trinajstić information content (AvgIpc) is 3.21. The van der Waals surface area contributed by atoms with E-state index in [0.717, 1.165) is 43.7 Å². The van der Waals surface area contributed by atoms with E-state index in [1.54, 1.807) is 10.6 Å². The van der Waals surface area contributed by atoms with E-state index in [4.69, 9.17) is 21.7 Å². The first-order valence-electron chi connectivity index (χ1n) is 11.8. The van der Waals surface area contributed by atoms with Crippen LogP contribution in [0.4, 0.5) is 0 Å². The van der Waals surface area contributed by atoms with Crippen LogP contribution in [-0.4, -0.2) is 51.1 Å². The molecule has 178 valence electrons. The molecule has 2 aromatic heterocycles. The Morgan fingerprint density at radius 3 is 2.52 bits per heavy atom. The number of nitrogens with one attached hydrogen (secondary N) is 1. The molecule has 0 aliphatic heterocycles. The van der Waals surface area contributed by atoms with Gasteiger partial charge in [-0.3, -0.25) is 4.79 Å². The SMILES string of the molecule is CCN(CC)CCC[C@@H](C)NC(=O)c1cc(-c2ccccc2Cl)nc2cc(C(C)(C)C)nn12. The fourth-order valence-electron chi connectivity index (χ4n) is 3.84. The summed E-state index contributed by atoms with van der Waals surface area (Å²) in [6, 6.07) is 11.3. The number of benzene rings is 1. The largest absolute Gasteiger partial charge is 0.348 e. The monoisotopic (exact) mass is 469 g/mol. The molecule has 1 N–H and O–H groups in total. The maximum absolute atomic E-state index is 13.4. The summed E-state index contributed by atoms with van der Waals surface area (Å²) in [7, 11) is 0. The Morgan fingerprint density at radius 1 is 1.18 bits per heavy atom. The normalized spacial score (nSPS) is 13.0. The Labute approximate surface area is 202 Å². The van der Waals surface area contributed by atoms with E-state index in [2.05, 4.69) is 51.8 Å². The van der Waals surface area contributed by atoms with Gasteiger partial charge in [0, 0.05) is 28.1 Å². The summed E-state index contributed by atoms with van der Waals surface area (Å²) in [5, 5.41) is 8.49. The lowest BCUT2D eigenvalue weighted by Crippen LogP contribution is -2.35. The average molecular weight is 470 g/mol. The minimum absolute atomic E-state index is 0.0534. The molecule has 0 spiro atoms. The van der Waals surface area contributed by atoms with Crippen molar-refractivity contribution in [2.75, 3.05) is 19.6 Å². The van der Waals surface area contributed by atoms with E-state index in [9.17, 15) is 4.79 Å². The molecular weight excluding hydrogens is 434 g/mol. The van der Waals surface area contributed by atoms with Gasteiger partial charge in [0.05, 0.1) is 11.4 Å². The molecule has 1 amide bonds. The highest BCUT2D eigenvalue weighted by Crippen LogP contribution is 2.29. The van der Waals surface area contributed by atoms with Gasteiger partial charge in [-0.05, 0) is 51.5 Å². The second kappa shape index (κ2) is 10.7. The Morgan fingerprint density at radius 2 is 1.88 bits per heavy atom. The molecule has 1 atom stereocenters. The summed E-state index contributed by atoms with van der Waals surface area (Å²) in [6.07, 6.45) is 1.95. The second-order valence-corrected chi connectivity index (χ2v) is 10.0. The number of halogens is 1. The first kappa shape index (κ1) is 25.2. The van der Waals surface area contributed by atoms with Crippen molar-refractivity contribution >= 4 is 23.2 Å². The van der Waals surface area contributed by atoms with E-state index in [0.29, 0.717) is 22.1 Å². The Balaban J connectivity index is 1.91. The molecule has 0 saturated carbocycles. The quantitative estimate of drug-likeness (QED) is 0.443. The number of aromatic nitrogens is 3. The topological polar surface area (TPSA) is 62.5 Å². The lowest BCUT2D eigenvalue weighted by atomic mass is 9.93. The third-order valence-electron chi connectivity index (χ3n) is 5.96. The molecule has 0 saturated heterocycles. The van der Waals surface area contributed by atoms with Crippen LogP contribution in [0.1, 0.15) is 70.6 Å². The molecule has 0 aliphatic rings.